The molecule has 7 heteroatoms. The molecule has 2 aromatic rings. The van der Waals surface area contributed by atoms with Crippen LogP contribution in [0.2, 0.25) is 0 Å². The Hall–Kier alpha value is -2.54. The van der Waals surface area contributed by atoms with Crippen LogP contribution >= 0.6 is 0 Å². The second-order valence-electron chi connectivity index (χ2n) is 5.39. The molecule has 1 aromatic carbocycles. The molecule has 0 radical (unpaired) electrons. The number of nitrogens with one attached hydrogen (secondary N) is 1. The number of hydrogen-bond donors (Lipinski definition) is 1. The van der Waals surface area contributed by atoms with Crippen LogP contribution in [0.4, 0.5) is 11.4 Å². The summed E-state index contributed by atoms with van der Waals surface area (Å²) < 4.78 is 12.3. The van der Waals surface area contributed by atoms with Crippen molar-refractivity contribution < 1.29 is 14.3 Å². The summed E-state index contributed by atoms with van der Waals surface area (Å²) >= 11 is 0. The Morgan fingerprint density at radius 2 is 2.35 bits per heavy atom. The third kappa shape index (κ3) is 3.45. The van der Waals surface area contributed by atoms with E-state index in [4.69, 9.17) is 9.47 Å². The highest BCUT2D eigenvalue weighted by molar-refractivity contribution is 6.05. The Bertz CT molecular complexity index is 698. The predicted octanol–water partition coefficient (Wildman–Crippen LogP) is 1.61. The number of aromatic nitrogens is 2. The van der Waals surface area contributed by atoms with E-state index in [1.54, 1.807) is 30.3 Å². The van der Waals surface area contributed by atoms with Crippen molar-refractivity contribution in [2.24, 2.45) is 0 Å². The van der Waals surface area contributed by atoms with Crippen LogP contribution in [-0.2, 0) is 11.3 Å². The van der Waals surface area contributed by atoms with E-state index in [0.29, 0.717) is 31.0 Å². The topological polar surface area (TPSA) is 68.6 Å². The first kappa shape index (κ1) is 15.4. The lowest BCUT2D eigenvalue weighted by Gasteiger charge is -2.27. The number of carbonyl (C=O) groups excluding carboxylic acids is 1. The number of anilines is 2. The average molecular weight is 316 g/mol. The summed E-state index contributed by atoms with van der Waals surface area (Å²) in [5, 5.41) is 7.03. The molecule has 1 aromatic heterocycles. The molecule has 2 heterocycles. The van der Waals surface area contributed by atoms with Gasteiger partial charge in [0.05, 0.1) is 37.3 Å². The standard InChI is InChI=1S/C16H20N4O3/c1-19-5-8-23-15-4-3-12(9-14(15)19)16(21)18-13-10-17-20(11-13)6-7-22-2/h3-4,9-11H,5-8H2,1-2H3,(H,18,21). The van der Waals surface area contributed by atoms with Crippen molar-refractivity contribution in [3.8, 4) is 5.75 Å². The average Bonchev–Trinajstić information content (AvgIpc) is 3.00. The normalized spacial score (nSPS) is 13.4. The van der Waals surface area contributed by atoms with Gasteiger partial charge in [-0.2, -0.15) is 5.10 Å². The lowest BCUT2D eigenvalue weighted by atomic mass is 10.1. The number of fused-ring (bicyclic) bond motifs is 1. The van der Waals surface area contributed by atoms with Gasteiger partial charge in [0, 0.05) is 25.9 Å². The van der Waals surface area contributed by atoms with E-state index in [1.807, 2.05) is 19.2 Å². The maximum absolute atomic E-state index is 12.4. The minimum absolute atomic E-state index is 0.168. The van der Waals surface area contributed by atoms with Gasteiger partial charge in [0.15, 0.2) is 0 Å². The second-order valence-corrected chi connectivity index (χ2v) is 5.39. The molecule has 0 bridgehead atoms. The number of likely N-dealkylation sites (N-methyl/N-ethyl adjacent to an activating group) is 1. The van der Waals surface area contributed by atoms with Crippen molar-refractivity contribution in [2.45, 2.75) is 6.54 Å². The number of rotatable bonds is 5. The van der Waals surface area contributed by atoms with Crippen LogP contribution in [0.1, 0.15) is 10.4 Å². The largest absolute Gasteiger partial charge is 0.490 e. The van der Waals surface area contributed by atoms with Gasteiger partial charge in [0.1, 0.15) is 12.4 Å². The number of methoxy groups -OCH3 is 1. The summed E-state index contributed by atoms with van der Waals surface area (Å²) in [4.78, 5) is 14.5. The van der Waals surface area contributed by atoms with Crippen molar-refractivity contribution in [1.29, 1.82) is 0 Å². The molecule has 1 aliphatic heterocycles. The van der Waals surface area contributed by atoms with Gasteiger partial charge in [-0.3, -0.25) is 9.48 Å². The zero-order valence-corrected chi connectivity index (χ0v) is 13.3. The summed E-state index contributed by atoms with van der Waals surface area (Å²) in [5.74, 6) is 0.640. The molecular weight excluding hydrogens is 296 g/mol. The predicted molar refractivity (Wildman–Crippen MR) is 87.3 cm³/mol. The van der Waals surface area contributed by atoms with Gasteiger partial charge in [-0.05, 0) is 18.2 Å². The first-order valence-corrected chi connectivity index (χ1v) is 7.48. The van der Waals surface area contributed by atoms with Crippen LogP contribution in [-0.4, -0.2) is 49.6 Å². The van der Waals surface area contributed by atoms with E-state index in [-0.39, 0.29) is 5.91 Å². The summed E-state index contributed by atoms with van der Waals surface area (Å²) in [6, 6.07) is 5.45. The van der Waals surface area contributed by atoms with E-state index in [9.17, 15) is 4.79 Å². The SMILES string of the molecule is COCCn1cc(NC(=O)c2ccc3c(c2)N(C)CCO3)cn1. The Balaban J connectivity index is 1.71. The molecule has 122 valence electrons. The molecule has 7 nitrogen and oxygen atoms in total. The highest BCUT2D eigenvalue weighted by atomic mass is 16.5. The Morgan fingerprint density at radius 3 is 3.17 bits per heavy atom. The number of nitrogens with zero attached hydrogens (tertiary/aromatic N) is 3. The molecule has 1 amide bonds. The van der Waals surface area contributed by atoms with Crippen molar-refractivity contribution >= 4 is 17.3 Å². The summed E-state index contributed by atoms with van der Waals surface area (Å²) in [6.07, 6.45) is 3.41. The molecule has 23 heavy (non-hydrogen) atoms. The number of hydrogen-bond acceptors (Lipinski definition) is 5. The summed E-state index contributed by atoms with van der Waals surface area (Å²) in [6.45, 7) is 2.69. The molecule has 0 saturated heterocycles. The van der Waals surface area contributed by atoms with Crippen LogP contribution in [0.5, 0.6) is 5.75 Å². The van der Waals surface area contributed by atoms with Gasteiger partial charge in [-0.25, -0.2) is 0 Å². The minimum atomic E-state index is -0.168. The number of ether oxygens (including phenoxy) is 2. The molecule has 1 N–H and O–H groups in total. The molecule has 3 rings (SSSR count). The summed E-state index contributed by atoms with van der Waals surface area (Å²) in [7, 11) is 3.63. The molecule has 0 fully saturated rings. The van der Waals surface area contributed by atoms with Gasteiger partial charge < -0.3 is 19.7 Å². The van der Waals surface area contributed by atoms with E-state index >= 15 is 0 Å². The van der Waals surface area contributed by atoms with Gasteiger partial charge in [0.2, 0.25) is 0 Å². The van der Waals surface area contributed by atoms with Crippen molar-refractivity contribution in [3.05, 3.63) is 36.2 Å². The maximum Gasteiger partial charge on any atom is 0.255 e. The lowest BCUT2D eigenvalue weighted by Crippen LogP contribution is -2.29. The van der Waals surface area contributed by atoms with Crippen molar-refractivity contribution in [1.82, 2.24) is 9.78 Å². The third-order valence-corrected chi connectivity index (χ3v) is 3.73. The Morgan fingerprint density at radius 1 is 1.48 bits per heavy atom. The highest BCUT2D eigenvalue weighted by Gasteiger charge is 2.17. The van der Waals surface area contributed by atoms with Gasteiger partial charge in [-0.15, -0.1) is 0 Å². The lowest BCUT2D eigenvalue weighted by molar-refractivity contribution is 0.102. The van der Waals surface area contributed by atoms with E-state index in [1.165, 1.54) is 0 Å². The molecule has 0 aliphatic carbocycles. The second kappa shape index (κ2) is 6.70. The highest BCUT2D eigenvalue weighted by Crippen LogP contribution is 2.31. The van der Waals surface area contributed by atoms with Crippen LogP contribution < -0.4 is 15.0 Å². The zero-order chi connectivity index (χ0) is 16.2. The van der Waals surface area contributed by atoms with E-state index in [2.05, 4.69) is 15.3 Å². The minimum Gasteiger partial charge on any atom is -0.490 e. The fraction of sp³-hybridized carbons (Fsp3) is 0.375. The van der Waals surface area contributed by atoms with Crippen molar-refractivity contribution in [3.63, 3.8) is 0 Å². The Kier molecular flexibility index (Phi) is 4.47. The van der Waals surface area contributed by atoms with E-state index < -0.39 is 0 Å². The van der Waals surface area contributed by atoms with Gasteiger partial charge in [0.25, 0.3) is 5.91 Å². The van der Waals surface area contributed by atoms with Crippen molar-refractivity contribution in [2.75, 3.05) is 44.1 Å². The number of carbonyl (C=O) groups is 1. The van der Waals surface area contributed by atoms with Crippen LogP contribution in [0, 0.1) is 0 Å². The first-order chi connectivity index (χ1) is 11.2. The molecule has 0 spiro atoms. The Labute approximate surface area is 134 Å². The zero-order valence-electron chi connectivity index (χ0n) is 13.3. The molecule has 0 unspecified atom stereocenters. The molecule has 1 aliphatic rings. The van der Waals surface area contributed by atoms with E-state index in [0.717, 1.165) is 18.0 Å². The van der Waals surface area contributed by atoms with Crippen LogP contribution in [0.3, 0.4) is 0 Å². The fourth-order valence-corrected chi connectivity index (χ4v) is 2.43. The maximum atomic E-state index is 12.4. The van der Waals surface area contributed by atoms with Gasteiger partial charge in [-0.1, -0.05) is 0 Å². The van der Waals surface area contributed by atoms with Crippen LogP contribution in [0.15, 0.2) is 30.6 Å². The third-order valence-electron chi connectivity index (χ3n) is 3.73. The smallest absolute Gasteiger partial charge is 0.255 e. The quantitative estimate of drug-likeness (QED) is 0.907. The molecule has 0 atom stereocenters. The van der Waals surface area contributed by atoms with Gasteiger partial charge >= 0.3 is 0 Å². The van der Waals surface area contributed by atoms with Crippen LogP contribution in [0.25, 0.3) is 0 Å². The monoisotopic (exact) mass is 316 g/mol. The molecule has 0 saturated carbocycles. The summed E-state index contributed by atoms with van der Waals surface area (Å²) in [5.41, 5.74) is 2.18. The molecular formula is C16H20N4O3. The first-order valence-electron chi connectivity index (χ1n) is 7.48. The number of amides is 1. The number of benzene rings is 1. The fourth-order valence-electron chi connectivity index (χ4n) is 2.43.